The van der Waals surface area contributed by atoms with Crippen molar-refractivity contribution in [3.05, 3.63) is 18.0 Å². The first-order valence-electron chi connectivity index (χ1n) is 4.45. The second kappa shape index (κ2) is 3.27. The highest BCUT2D eigenvalue weighted by atomic mass is 16.6. The van der Waals surface area contributed by atoms with Crippen molar-refractivity contribution in [2.45, 2.75) is 25.4 Å². The molecule has 0 aromatic carbocycles. The molecular weight excluding hydrogens is 152 g/mol. The van der Waals surface area contributed by atoms with Crippen LogP contribution < -0.4 is 0 Å². The summed E-state index contributed by atoms with van der Waals surface area (Å²) in [5.74, 6) is 0. The summed E-state index contributed by atoms with van der Waals surface area (Å²) in [6, 6.07) is 2.08. The molecule has 0 spiro atoms. The standard InChI is InChI=1S/C9H14N2O/c1-11-8(5-6-10-11)3-2-4-9-7-12-9/h5-6,9H,2-4,7H2,1H3. The first kappa shape index (κ1) is 7.80. The van der Waals surface area contributed by atoms with Crippen LogP contribution in [0.15, 0.2) is 12.3 Å². The molecule has 2 rings (SSSR count). The van der Waals surface area contributed by atoms with Crippen molar-refractivity contribution in [1.29, 1.82) is 0 Å². The molecule has 0 bridgehead atoms. The third kappa shape index (κ3) is 1.85. The maximum atomic E-state index is 5.14. The van der Waals surface area contributed by atoms with Crippen molar-refractivity contribution in [3.63, 3.8) is 0 Å². The van der Waals surface area contributed by atoms with E-state index in [4.69, 9.17) is 4.74 Å². The molecule has 3 heteroatoms. The Morgan fingerprint density at radius 1 is 1.75 bits per heavy atom. The SMILES string of the molecule is Cn1nccc1CCCC1CO1. The Morgan fingerprint density at radius 3 is 3.17 bits per heavy atom. The summed E-state index contributed by atoms with van der Waals surface area (Å²) in [6.07, 6.45) is 5.95. The molecule has 0 N–H and O–H groups in total. The lowest BCUT2D eigenvalue weighted by Crippen LogP contribution is -1.98. The molecular formula is C9H14N2O. The molecule has 1 atom stereocenters. The summed E-state index contributed by atoms with van der Waals surface area (Å²) in [4.78, 5) is 0. The van der Waals surface area contributed by atoms with Crippen LogP contribution in [0.5, 0.6) is 0 Å². The molecule has 1 fully saturated rings. The minimum absolute atomic E-state index is 0.568. The van der Waals surface area contributed by atoms with Crippen molar-refractivity contribution >= 4 is 0 Å². The zero-order chi connectivity index (χ0) is 8.39. The summed E-state index contributed by atoms with van der Waals surface area (Å²) in [7, 11) is 1.99. The van der Waals surface area contributed by atoms with Gasteiger partial charge in [-0.05, 0) is 25.3 Å². The van der Waals surface area contributed by atoms with E-state index in [1.165, 1.54) is 18.5 Å². The van der Waals surface area contributed by atoms with Gasteiger partial charge >= 0.3 is 0 Å². The number of epoxide rings is 1. The van der Waals surface area contributed by atoms with Crippen molar-refractivity contribution < 1.29 is 4.74 Å². The van der Waals surface area contributed by atoms with Gasteiger partial charge in [-0.25, -0.2) is 0 Å². The fourth-order valence-electron chi connectivity index (χ4n) is 1.39. The van der Waals surface area contributed by atoms with Gasteiger partial charge in [0.15, 0.2) is 0 Å². The van der Waals surface area contributed by atoms with Gasteiger partial charge in [0.25, 0.3) is 0 Å². The maximum absolute atomic E-state index is 5.14. The average Bonchev–Trinajstić information content (AvgIpc) is 2.78. The highest BCUT2D eigenvalue weighted by Crippen LogP contribution is 2.16. The number of rotatable bonds is 4. The van der Waals surface area contributed by atoms with Crippen LogP contribution in [0.4, 0.5) is 0 Å². The lowest BCUT2D eigenvalue weighted by atomic mass is 10.1. The number of hydrogen-bond donors (Lipinski definition) is 0. The predicted octanol–water partition coefficient (Wildman–Crippen LogP) is 1.14. The highest BCUT2D eigenvalue weighted by molar-refractivity contribution is 4.99. The second-order valence-corrected chi connectivity index (χ2v) is 3.29. The van der Waals surface area contributed by atoms with Crippen molar-refractivity contribution in [2.75, 3.05) is 6.61 Å². The van der Waals surface area contributed by atoms with Gasteiger partial charge in [0.2, 0.25) is 0 Å². The van der Waals surface area contributed by atoms with Crippen LogP contribution in [0, 0.1) is 0 Å². The Bertz CT molecular complexity index is 253. The number of nitrogens with zero attached hydrogens (tertiary/aromatic N) is 2. The molecule has 0 saturated carbocycles. The largest absolute Gasteiger partial charge is 0.373 e. The second-order valence-electron chi connectivity index (χ2n) is 3.29. The first-order chi connectivity index (χ1) is 5.86. The highest BCUT2D eigenvalue weighted by Gasteiger charge is 2.21. The average molecular weight is 166 g/mol. The van der Waals surface area contributed by atoms with Crippen LogP contribution in [0.2, 0.25) is 0 Å². The number of ether oxygens (including phenoxy) is 1. The molecule has 1 aliphatic rings. The van der Waals surface area contributed by atoms with Gasteiger partial charge in [-0.15, -0.1) is 0 Å². The van der Waals surface area contributed by atoms with E-state index in [0.717, 1.165) is 13.0 Å². The van der Waals surface area contributed by atoms with Gasteiger partial charge < -0.3 is 4.74 Å². The van der Waals surface area contributed by atoms with Crippen LogP contribution in [0.25, 0.3) is 0 Å². The number of hydrogen-bond acceptors (Lipinski definition) is 2. The van der Waals surface area contributed by atoms with E-state index >= 15 is 0 Å². The van der Waals surface area contributed by atoms with Gasteiger partial charge in [-0.2, -0.15) is 5.10 Å². The topological polar surface area (TPSA) is 30.4 Å². The zero-order valence-electron chi connectivity index (χ0n) is 7.36. The molecule has 1 aliphatic heterocycles. The molecule has 12 heavy (non-hydrogen) atoms. The van der Waals surface area contributed by atoms with Crippen molar-refractivity contribution in [3.8, 4) is 0 Å². The van der Waals surface area contributed by atoms with E-state index < -0.39 is 0 Å². The maximum Gasteiger partial charge on any atom is 0.0810 e. The summed E-state index contributed by atoms with van der Waals surface area (Å²) in [5, 5.41) is 4.12. The van der Waals surface area contributed by atoms with Gasteiger partial charge in [0.05, 0.1) is 12.7 Å². The Labute approximate surface area is 72.3 Å². The van der Waals surface area contributed by atoms with E-state index in [0.29, 0.717) is 6.10 Å². The Morgan fingerprint density at radius 2 is 2.58 bits per heavy atom. The predicted molar refractivity (Wildman–Crippen MR) is 45.9 cm³/mol. The van der Waals surface area contributed by atoms with Crippen LogP contribution in [0.1, 0.15) is 18.5 Å². The van der Waals surface area contributed by atoms with E-state index in [-0.39, 0.29) is 0 Å². The van der Waals surface area contributed by atoms with Gasteiger partial charge in [0, 0.05) is 18.9 Å². The molecule has 1 aromatic heterocycles. The molecule has 2 heterocycles. The first-order valence-corrected chi connectivity index (χ1v) is 4.45. The van der Waals surface area contributed by atoms with Gasteiger partial charge in [-0.1, -0.05) is 0 Å². The van der Waals surface area contributed by atoms with E-state index in [9.17, 15) is 0 Å². The van der Waals surface area contributed by atoms with Crippen molar-refractivity contribution in [1.82, 2.24) is 9.78 Å². The Hall–Kier alpha value is -0.830. The molecule has 1 unspecified atom stereocenters. The summed E-state index contributed by atoms with van der Waals surface area (Å²) in [5.41, 5.74) is 1.32. The van der Waals surface area contributed by atoms with Gasteiger partial charge in [-0.3, -0.25) is 4.68 Å². The lowest BCUT2D eigenvalue weighted by Gasteiger charge is -1.99. The van der Waals surface area contributed by atoms with Crippen LogP contribution in [-0.4, -0.2) is 22.5 Å². The number of aromatic nitrogens is 2. The molecule has 3 nitrogen and oxygen atoms in total. The summed E-state index contributed by atoms with van der Waals surface area (Å²) in [6.45, 7) is 0.978. The van der Waals surface area contributed by atoms with Crippen molar-refractivity contribution in [2.24, 2.45) is 7.05 Å². The summed E-state index contributed by atoms with van der Waals surface area (Å²) < 4.78 is 7.07. The third-order valence-electron chi connectivity index (χ3n) is 2.28. The Kier molecular flexibility index (Phi) is 2.13. The summed E-state index contributed by atoms with van der Waals surface area (Å²) >= 11 is 0. The zero-order valence-corrected chi connectivity index (χ0v) is 7.36. The molecule has 0 radical (unpaired) electrons. The minimum atomic E-state index is 0.568. The molecule has 0 amide bonds. The molecule has 1 saturated heterocycles. The fourth-order valence-corrected chi connectivity index (χ4v) is 1.39. The van der Waals surface area contributed by atoms with Crippen LogP contribution in [0.3, 0.4) is 0 Å². The van der Waals surface area contributed by atoms with E-state index in [2.05, 4.69) is 11.2 Å². The number of aryl methyl sites for hydroxylation is 2. The smallest absolute Gasteiger partial charge is 0.0810 e. The lowest BCUT2D eigenvalue weighted by molar-refractivity contribution is 0.391. The molecule has 1 aromatic rings. The minimum Gasteiger partial charge on any atom is -0.373 e. The van der Waals surface area contributed by atoms with Crippen LogP contribution in [-0.2, 0) is 18.2 Å². The Balaban J connectivity index is 1.75. The van der Waals surface area contributed by atoms with E-state index in [1.54, 1.807) is 0 Å². The van der Waals surface area contributed by atoms with E-state index in [1.807, 2.05) is 17.9 Å². The van der Waals surface area contributed by atoms with Crippen LogP contribution >= 0.6 is 0 Å². The monoisotopic (exact) mass is 166 g/mol. The molecule has 0 aliphatic carbocycles. The normalized spacial score (nSPS) is 21.2. The molecule has 66 valence electrons. The fraction of sp³-hybridized carbons (Fsp3) is 0.667. The quantitative estimate of drug-likeness (QED) is 0.628. The third-order valence-corrected chi connectivity index (χ3v) is 2.28. The van der Waals surface area contributed by atoms with Gasteiger partial charge in [0.1, 0.15) is 0 Å².